The Morgan fingerprint density at radius 2 is 1.88 bits per heavy atom. The molecule has 136 valence electrons. The molecule has 26 heavy (non-hydrogen) atoms. The van der Waals surface area contributed by atoms with E-state index in [4.69, 9.17) is 4.74 Å². The molecule has 7 heteroatoms. The molecule has 0 aliphatic rings. The minimum Gasteiger partial charge on any atom is -0.504 e. The van der Waals surface area contributed by atoms with E-state index in [2.05, 4.69) is 15.8 Å². The van der Waals surface area contributed by atoms with E-state index < -0.39 is 11.8 Å². The number of carbonyl (C=O) groups is 2. The smallest absolute Gasteiger partial charge is 0.329 e. The molecule has 0 radical (unpaired) electrons. The fourth-order valence-electron chi connectivity index (χ4n) is 2.11. The number of rotatable bonds is 5. The van der Waals surface area contributed by atoms with E-state index in [0.29, 0.717) is 23.6 Å². The van der Waals surface area contributed by atoms with Gasteiger partial charge in [0, 0.05) is 5.69 Å². The molecule has 2 aromatic rings. The van der Waals surface area contributed by atoms with Crippen molar-refractivity contribution in [3.63, 3.8) is 0 Å². The molecule has 2 amide bonds. The van der Waals surface area contributed by atoms with E-state index in [1.807, 2.05) is 19.9 Å². The van der Waals surface area contributed by atoms with Gasteiger partial charge in [-0.2, -0.15) is 5.10 Å². The van der Waals surface area contributed by atoms with Gasteiger partial charge in [0.05, 0.1) is 12.8 Å². The van der Waals surface area contributed by atoms with Crippen LogP contribution in [0.4, 0.5) is 5.69 Å². The van der Waals surface area contributed by atoms with Crippen molar-refractivity contribution >= 4 is 23.7 Å². The molecule has 0 bridgehead atoms. The minimum absolute atomic E-state index is 0.0146. The minimum atomic E-state index is -0.886. The van der Waals surface area contributed by atoms with Crippen LogP contribution in [0.2, 0.25) is 0 Å². The summed E-state index contributed by atoms with van der Waals surface area (Å²) >= 11 is 0. The Morgan fingerprint density at radius 3 is 2.58 bits per heavy atom. The summed E-state index contributed by atoms with van der Waals surface area (Å²) in [6.07, 6.45) is 1.35. The fraction of sp³-hybridized carbons (Fsp3) is 0.211. The van der Waals surface area contributed by atoms with Crippen LogP contribution in [0.25, 0.3) is 0 Å². The van der Waals surface area contributed by atoms with Gasteiger partial charge < -0.3 is 15.2 Å². The van der Waals surface area contributed by atoms with Crippen LogP contribution < -0.4 is 15.5 Å². The average molecular weight is 355 g/mol. The zero-order valence-electron chi connectivity index (χ0n) is 14.9. The number of benzene rings is 2. The molecule has 0 unspecified atom stereocenters. The van der Waals surface area contributed by atoms with Crippen molar-refractivity contribution in [1.82, 2.24) is 5.43 Å². The number of nitrogens with one attached hydrogen (secondary N) is 2. The second-order valence-electron chi connectivity index (χ2n) is 5.61. The van der Waals surface area contributed by atoms with Crippen LogP contribution in [-0.2, 0) is 9.59 Å². The Labute approximate surface area is 151 Å². The molecule has 0 aromatic heterocycles. The van der Waals surface area contributed by atoms with Crippen LogP contribution in [0, 0.1) is 13.8 Å². The molecule has 0 saturated heterocycles. The number of hydrogen-bond acceptors (Lipinski definition) is 5. The molecular formula is C19H21N3O4. The maximum absolute atomic E-state index is 11.9. The third kappa shape index (κ3) is 5.07. The molecule has 3 N–H and O–H groups in total. The zero-order valence-corrected chi connectivity index (χ0v) is 14.9. The van der Waals surface area contributed by atoms with Gasteiger partial charge in [0.1, 0.15) is 0 Å². The first-order valence-corrected chi connectivity index (χ1v) is 8.08. The van der Waals surface area contributed by atoms with Crippen molar-refractivity contribution in [2.45, 2.75) is 20.8 Å². The van der Waals surface area contributed by atoms with Crippen LogP contribution >= 0.6 is 0 Å². The van der Waals surface area contributed by atoms with Crippen LogP contribution in [0.5, 0.6) is 11.5 Å². The molecule has 0 spiro atoms. The van der Waals surface area contributed by atoms with Gasteiger partial charge >= 0.3 is 11.8 Å². The van der Waals surface area contributed by atoms with Crippen molar-refractivity contribution in [2.75, 3.05) is 11.9 Å². The third-order valence-corrected chi connectivity index (χ3v) is 3.63. The molecule has 0 fully saturated rings. The number of hydrazone groups is 1. The number of ether oxygens (including phenoxy) is 1. The lowest BCUT2D eigenvalue weighted by Crippen LogP contribution is -2.32. The van der Waals surface area contributed by atoms with E-state index in [-0.39, 0.29) is 5.75 Å². The number of carbonyl (C=O) groups excluding carboxylic acids is 2. The number of amides is 2. The zero-order chi connectivity index (χ0) is 19.1. The Balaban J connectivity index is 1.94. The summed E-state index contributed by atoms with van der Waals surface area (Å²) in [5.74, 6) is -1.37. The summed E-state index contributed by atoms with van der Waals surface area (Å²) in [5, 5.41) is 15.9. The third-order valence-electron chi connectivity index (χ3n) is 3.63. The van der Waals surface area contributed by atoms with Crippen molar-refractivity contribution in [2.24, 2.45) is 5.10 Å². The topological polar surface area (TPSA) is 100 Å². The quantitative estimate of drug-likeness (QED) is 0.436. The summed E-state index contributed by atoms with van der Waals surface area (Å²) in [4.78, 5) is 23.7. The lowest BCUT2D eigenvalue weighted by molar-refractivity contribution is -0.136. The predicted molar refractivity (Wildman–Crippen MR) is 99.6 cm³/mol. The van der Waals surface area contributed by atoms with Gasteiger partial charge in [0.25, 0.3) is 0 Å². The Hall–Kier alpha value is -3.35. The Bertz CT molecular complexity index is 847. The van der Waals surface area contributed by atoms with Gasteiger partial charge in [-0.3, -0.25) is 9.59 Å². The number of aromatic hydroxyl groups is 1. The first-order chi connectivity index (χ1) is 12.4. The highest BCUT2D eigenvalue weighted by Gasteiger charge is 2.13. The number of anilines is 1. The van der Waals surface area contributed by atoms with Crippen LogP contribution in [0.1, 0.15) is 23.6 Å². The SMILES string of the molecule is CCOc1cc(/C=N/NC(=O)C(=O)Nc2ccc(C)c(C)c2)ccc1O. The number of nitrogens with zero attached hydrogens (tertiary/aromatic N) is 1. The second kappa shape index (κ2) is 8.66. The highest BCUT2D eigenvalue weighted by molar-refractivity contribution is 6.39. The number of phenols is 1. The maximum atomic E-state index is 11.9. The highest BCUT2D eigenvalue weighted by Crippen LogP contribution is 2.26. The molecule has 7 nitrogen and oxygen atoms in total. The molecule has 0 aliphatic heterocycles. The summed E-state index contributed by atoms with van der Waals surface area (Å²) in [6, 6.07) is 10.0. The van der Waals surface area contributed by atoms with Crippen LogP contribution in [0.3, 0.4) is 0 Å². The van der Waals surface area contributed by atoms with E-state index in [1.165, 1.54) is 12.3 Å². The van der Waals surface area contributed by atoms with E-state index >= 15 is 0 Å². The summed E-state index contributed by atoms with van der Waals surface area (Å²) in [6.45, 7) is 6.09. The summed E-state index contributed by atoms with van der Waals surface area (Å²) < 4.78 is 5.26. The number of aryl methyl sites for hydroxylation is 2. The van der Waals surface area contributed by atoms with Crippen molar-refractivity contribution in [3.8, 4) is 11.5 Å². The fourth-order valence-corrected chi connectivity index (χ4v) is 2.11. The van der Waals surface area contributed by atoms with E-state index in [9.17, 15) is 14.7 Å². The standard InChI is InChI=1S/C19H21N3O4/c1-4-26-17-10-14(6-8-16(17)23)11-20-22-19(25)18(24)21-15-7-5-12(2)13(3)9-15/h5-11,23H,4H2,1-3H3,(H,21,24)(H,22,25)/b20-11+. The van der Waals surface area contributed by atoms with Gasteiger partial charge in [-0.1, -0.05) is 6.07 Å². The molecule has 0 heterocycles. The monoisotopic (exact) mass is 355 g/mol. The lowest BCUT2D eigenvalue weighted by atomic mass is 10.1. The van der Waals surface area contributed by atoms with Gasteiger partial charge in [-0.15, -0.1) is 0 Å². The van der Waals surface area contributed by atoms with Gasteiger partial charge in [0.2, 0.25) is 0 Å². The normalized spacial score (nSPS) is 10.6. The molecule has 0 aliphatic carbocycles. The molecule has 0 atom stereocenters. The van der Waals surface area contributed by atoms with Crippen molar-refractivity contribution < 1.29 is 19.4 Å². The molecule has 2 rings (SSSR count). The summed E-state index contributed by atoms with van der Waals surface area (Å²) in [7, 11) is 0. The van der Waals surface area contributed by atoms with Crippen molar-refractivity contribution in [3.05, 3.63) is 53.1 Å². The number of phenolic OH excluding ortho intramolecular Hbond substituents is 1. The Morgan fingerprint density at radius 1 is 1.12 bits per heavy atom. The Kier molecular flexibility index (Phi) is 6.32. The number of hydrogen-bond donors (Lipinski definition) is 3. The van der Waals surface area contributed by atoms with Gasteiger partial charge in [-0.25, -0.2) is 5.43 Å². The van der Waals surface area contributed by atoms with Gasteiger partial charge in [0.15, 0.2) is 11.5 Å². The van der Waals surface area contributed by atoms with Gasteiger partial charge in [-0.05, 0) is 67.8 Å². The molecule has 0 saturated carbocycles. The second-order valence-corrected chi connectivity index (χ2v) is 5.61. The molecule has 2 aromatic carbocycles. The van der Waals surface area contributed by atoms with Crippen molar-refractivity contribution in [1.29, 1.82) is 0 Å². The highest BCUT2D eigenvalue weighted by atomic mass is 16.5. The maximum Gasteiger partial charge on any atom is 0.329 e. The van der Waals surface area contributed by atoms with Crippen LogP contribution in [-0.4, -0.2) is 29.7 Å². The summed E-state index contributed by atoms with van der Waals surface area (Å²) in [5.41, 5.74) is 5.40. The average Bonchev–Trinajstić information content (AvgIpc) is 2.61. The predicted octanol–water partition coefficient (Wildman–Crippen LogP) is 2.50. The first-order valence-electron chi connectivity index (χ1n) is 8.08. The largest absolute Gasteiger partial charge is 0.504 e. The lowest BCUT2D eigenvalue weighted by Gasteiger charge is -2.07. The van der Waals surface area contributed by atoms with Crippen LogP contribution in [0.15, 0.2) is 41.5 Å². The first kappa shape index (κ1) is 19.0. The van der Waals surface area contributed by atoms with E-state index in [0.717, 1.165) is 11.1 Å². The van der Waals surface area contributed by atoms with E-state index in [1.54, 1.807) is 31.2 Å². The molecular weight excluding hydrogens is 334 g/mol.